The van der Waals surface area contributed by atoms with E-state index in [1.165, 1.54) is 16.5 Å². The zero-order valence-corrected chi connectivity index (χ0v) is 12.4. The molecule has 0 spiro atoms. The van der Waals surface area contributed by atoms with Gasteiger partial charge in [0.1, 0.15) is 0 Å². The predicted molar refractivity (Wildman–Crippen MR) is 83.2 cm³/mol. The van der Waals surface area contributed by atoms with Crippen molar-refractivity contribution in [2.75, 3.05) is 13.2 Å². The van der Waals surface area contributed by atoms with E-state index < -0.39 is 0 Å². The van der Waals surface area contributed by atoms with Crippen LogP contribution in [-0.2, 0) is 11.2 Å². The standard InChI is InChI=1S/C17H22N2O2/c1-12-4-6-16-15(9-12)13(10-18-16)5-7-17(21)19-8-2-3-14(19)11-20/h4,6,9-10,14,18,20H,2-3,5,7-8,11H2,1H3/t14-/m1/s1. The monoisotopic (exact) mass is 286 g/mol. The highest BCUT2D eigenvalue weighted by Gasteiger charge is 2.27. The Balaban J connectivity index is 1.69. The first-order valence-corrected chi connectivity index (χ1v) is 7.66. The Bertz CT molecular complexity index is 647. The van der Waals surface area contributed by atoms with E-state index >= 15 is 0 Å². The first kappa shape index (κ1) is 14.1. The number of amides is 1. The van der Waals surface area contributed by atoms with Crippen molar-refractivity contribution >= 4 is 16.8 Å². The molecule has 112 valence electrons. The van der Waals surface area contributed by atoms with Crippen molar-refractivity contribution in [2.24, 2.45) is 0 Å². The quantitative estimate of drug-likeness (QED) is 0.906. The number of hydrogen-bond donors (Lipinski definition) is 2. The molecule has 0 radical (unpaired) electrons. The van der Waals surface area contributed by atoms with Gasteiger partial charge in [-0.05, 0) is 43.9 Å². The van der Waals surface area contributed by atoms with Crippen LogP contribution in [-0.4, -0.2) is 40.1 Å². The van der Waals surface area contributed by atoms with Gasteiger partial charge in [-0.25, -0.2) is 0 Å². The summed E-state index contributed by atoms with van der Waals surface area (Å²) in [6.45, 7) is 2.95. The van der Waals surface area contributed by atoms with Crippen LogP contribution in [0.1, 0.15) is 30.4 Å². The van der Waals surface area contributed by atoms with Gasteiger partial charge in [0.15, 0.2) is 0 Å². The second-order valence-corrected chi connectivity index (χ2v) is 5.93. The maximum Gasteiger partial charge on any atom is 0.223 e. The van der Waals surface area contributed by atoms with Gasteiger partial charge in [-0.1, -0.05) is 11.6 Å². The van der Waals surface area contributed by atoms with Gasteiger partial charge in [0, 0.05) is 30.1 Å². The number of aliphatic hydroxyl groups is 1. The Morgan fingerprint density at radius 3 is 3.14 bits per heavy atom. The van der Waals surface area contributed by atoms with E-state index in [4.69, 9.17) is 0 Å². The van der Waals surface area contributed by atoms with Crippen LogP contribution in [0, 0.1) is 6.92 Å². The van der Waals surface area contributed by atoms with Gasteiger partial charge in [0.05, 0.1) is 12.6 Å². The third kappa shape index (κ3) is 2.81. The highest BCUT2D eigenvalue weighted by molar-refractivity contribution is 5.85. The van der Waals surface area contributed by atoms with Crippen LogP contribution < -0.4 is 0 Å². The number of hydrogen-bond acceptors (Lipinski definition) is 2. The summed E-state index contributed by atoms with van der Waals surface area (Å²) in [6, 6.07) is 6.36. The van der Waals surface area contributed by atoms with Crippen LogP contribution in [0.2, 0.25) is 0 Å². The van der Waals surface area contributed by atoms with Gasteiger partial charge in [-0.3, -0.25) is 4.79 Å². The molecular weight excluding hydrogens is 264 g/mol. The third-order valence-electron chi connectivity index (χ3n) is 4.44. The number of fused-ring (bicyclic) bond motifs is 1. The van der Waals surface area contributed by atoms with Crippen molar-refractivity contribution in [1.82, 2.24) is 9.88 Å². The summed E-state index contributed by atoms with van der Waals surface area (Å²) in [4.78, 5) is 17.4. The Labute approximate surface area is 124 Å². The van der Waals surface area contributed by atoms with Gasteiger partial charge in [0.2, 0.25) is 5.91 Å². The molecule has 4 heteroatoms. The normalized spacial score (nSPS) is 18.6. The topological polar surface area (TPSA) is 56.3 Å². The Morgan fingerprint density at radius 2 is 2.33 bits per heavy atom. The van der Waals surface area contributed by atoms with E-state index in [0.29, 0.717) is 6.42 Å². The molecule has 1 amide bonds. The van der Waals surface area contributed by atoms with Crippen molar-refractivity contribution in [3.05, 3.63) is 35.5 Å². The first-order chi connectivity index (χ1) is 10.2. The molecule has 1 aromatic heterocycles. The molecule has 1 aliphatic rings. The average Bonchev–Trinajstić information content (AvgIpc) is 3.11. The summed E-state index contributed by atoms with van der Waals surface area (Å²) in [7, 11) is 0. The molecule has 1 aromatic carbocycles. The van der Waals surface area contributed by atoms with Crippen LogP contribution in [0.4, 0.5) is 0 Å². The molecule has 4 nitrogen and oxygen atoms in total. The molecular formula is C17H22N2O2. The molecule has 2 heterocycles. The fraction of sp³-hybridized carbons (Fsp3) is 0.471. The maximum atomic E-state index is 12.3. The minimum Gasteiger partial charge on any atom is -0.394 e. The van der Waals surface area contributed by atoms with Crippen LogP contribution in [0.3, 0.4) is 0 Å². The lowest BCUT2D eigenvalue weighted by molar-refractivity contribution is -0.132. The maximum absolute atomic E-state index is 12.3. The van der Waals surface area contributed by atoms with Crippen LogP contribution in [0.5, 0.6) is 0 Å². The fourth-order valence-corrected chi connectivity index (χ4v) is 3.24. The highest BCUT2D eigenvalue weighted by Crippen LogP contribution is 2.22. The SMILES string of the molecule is Cc1ccc2[nH]cc(CCC(=O)N3CCC[C@@H]3CO)c2c1. The molecule has 0 aliphatic carbocycles. The van der Waals surface area contributed by atoms with Gasteiger partial charge in [0.25, 0.3) is 0 Å². The summed E-state index contributed by atoms with van der Waals surface area (Å²) < 4.78 is 0. The largest absolute Gasteiger partial charge is 0.394 e. The molecule has 1 aliphatic heterocycles. The number of rotatable bonds is 4. The number of benzene rings is 1. The second-order valence-electron chi connectivity index (χ2n) is 5.93. The van der Waals surface area contributed by atoms with E-state index in [0.717, 1.165) is 31.3 Å². The van der Waals surface area contributed by atoms with Gasteiger partial charge in [-0.15, -0.1) is 0 Å². The Hall–Kier alpha value is -1.81. The molecule has 0 saturated carbocycles. The van der Waals surface area contributed by atoms with Crippen LogP contribution in [0.25, 0.3) is 10.9 Å². The number of carbonyl (C=O) groups is 1. The summed E-state index contributed by atoms with van der Waals surface area (Å²) in [5.41, 5.74) is 3.55. The van der Waals surface area contributed by atoms with Crippen molar-refractivity contribution in [3.63, 3.8) is 0 Å². The average molecular weight is 286 g/mol. The second kappa shape index (κ2) is 5.90. The molecule has 2 aromatic rings. The lowest BCUT2D eigenvalue weighted by Gasteiger charge is -2.22. The molecule has 1 fully saturated rings. The van der Waals surface area contributed by atoms with Crippen molar-refractivity contribution in [1.29, 1.82) is 0 Å². The Kier molecular flexibility index (Phi) is 3.97. The number of aryl methyl sites for hydroxylation is 2. The third-order valence-corrected chi connectivity index (χ3v) is 4.44. The lowest BCUT2D eigenvalue weighted by atomic mass is 10.1. The number of carbonyl (C=O) groups excluding carboxylic acids is 1. The number of nitrogens with zero attached hydrogens (tertiary/aromatic N) is 1. The van der Waals surface area contributed by atoms with Crippen LogP contribution >= 0.6 is 0 Å². The zero-order chi connectivity index (χ0) is 14.8. The predicted octanol–water partition coefficient (Wildman–Crippen LogP) is 2.39. The van der Waals surface area contributed by atoms with Crippen molar-refractivity contribution in [3.8, 4) is 0 Å². The summed E-state index contributed by atoms with van der Waals surface area (Å²) >= 11 is 0. The fourth-order valence-electron chi connectivity index (χ4n) is 3.24. The van der Waals surface area contributed by atoms with Gasteiger partial charge >= 0.3 is 0 Å². The number of aromatic nitrogens is 1. The van der Waals surface area contributed by atoms with Crippen molar-refractivity contribution in [2.45, 2.75) is 38.6 Å². The summed E-state index contributed by atoms with van der Waals surface area (Å²) in [5.74, 6) is 0.161. The summed E-state index contributed by atoms with van der Waals surface area (Å²) in [5, 5.41) is 10.5. The smallest absolute Gasteiger partial charge is 0.223 e. The molecule has 21 heavy (non-hydrogen) atoms. The molecule has 0 unspecified atom stereocenters. The van der Waals surface area contributed by atoms with E-state index in [9.17, 15) is 9.90 Å². The minimum absolute atomic E-state index is 0.0303. The zero-order valence-electron chi connectivity index (χ0n) is 12.4. The van der Waals surface area contributed by atoms with Gasteiger partial charge in [-0.2, -0.15) is 0 Å². The highest BCUT2D eigenvalue weighted by atomic mass is 16.3. The molecule has 0 bridgehead atoms. The summed E-state index contributed by atoms with van der Waals surface area (Å²) in [6.07, 6.45) is 5.19. The first-order valence-electron chi connectivity index (χ1n) is 7.66. The molecule has 1 saturated heterocycles. The number of aliphatic hydroxyl groups excluding tert-OH is 1. The number of aromatic amines is 1. The van der Waals surface area contributed by atoms with Crippen molar-refractivity contribution < 1.29 is 9.90 Å². The van der Waals surface area contributed by atoms with E-state index in [-0.39, 0.29) is 18.6 Å². The van der Waals surface area contributed by atoms with E-state index in [2.05, 4.69) is 30.1 Å². The Morgan fingerprint density at radius 1 is 1.48 bits per heavy atom. The van der Waals surface area contributed by atoms with Gasteiger partial charge < -0.3 is 15.0 Å². The van der Waals surface area contributed by atoms with Crippen LogP contribution in [0.15, 0.2) is 24.4 Å². The number of likely N-dealkylation sites (tertiary alicyclic amines) is 1. The molecule has 2 N–H and O–H groups in total. The van der Waals surface area contributed by atoms with E-state index in [1.807, 2.05) is 11.1 Å². The molecule has 3 rings (SSSR count). The number of nitrogens with one attached hydrogen (secondary N) is 1. The number of H-pyrrole nitrogens is 1. The van der Waals surface area contributed by atoms with E-state index in [1.54, 1.807) is 0 Å². The minimum atomic E-state index is 0.0303. The molecule has 1 atom stereocenters. The lowest BCUT2D eigenvalue weighted by Crippen LogP contribution is -2.37.